The van der Waals surface area contributed by atoms with E-state index < -0.39 is 5.41 Å². The number of aromatic amines is 1. The van der Waals surface area contributed by atoms with E-state index in [9.17, 15) is 4.79 Å². The van der Waals surface area contributed by atoms with Gasteiger partial charge in [0.05, 0.1) is 11.5 Å². The van der Waals surface area contributed by atoms with Gasteiger partial charge in [0, 0.05) is 13.0 Å². The van der Waals surface area contributed by atoms with Crippen molar-refractivity contribution in [1.29, 1.82) is 5.26 Å². The third-order valence-corrected chi connectivity index (χ3v) is 2.06. The molecule has 0 atom stereocenters. The molecule has 1 amide bonds. The molecule has 1 aromatic rings. The van der Waals surface area contributed by atoms with Crippen molar-refractivity contribution >= 4 is 5.91 Å². The predicted octanol–water partition coefficient (Wildman–Crippen LogP) is 0.647. The SMILES string of the molecule is CCc1nc(C(=O)NCC(C)(C)C#N)n[nH]1. The first-order chi connectivity index (χ1) is 7.48. The Morgan fingerprint density at radius 3 is 2.81 bits per heavy atom. The van der Waals surface area contributed by atoms with Crippen LogP contribution in [0.4, 0.5) is 0 Å². The molecule has 0 aliphatic heterocycles. The number of aryl methyl sites for hydroxylation is 1. The summed E-state index contributed by atoms with van der Waals surface area (Å²) in [6, 6.07) is 2.10. The van der Waals surface area contributed by atoms with Gasteiger partial charge in [-0.2, -0.15) is 5.26 Å². The second kappa shape index (κ2) is 4.75. The number of hydrogen-bond donors (Lipinski definition) is 2. The van der Waals surface area contributed by atoms with Crippen LogP contribution in [0.5, 0.6) is 0 Å². The molecule has 0 unspecified atom stereocenters. The highest BCUT2D eigenvalue weighted by molar-refractivity contribution is 5.90. The number of nitriles is 1. The Bertz CT molecular complexity index is 415. The summed E-state index contributed by atoms with van der Waals surface area (Å²) in [6.07, 6.45) is 0.698. The van der Waals surface area contributed by atoms with Gasteiger partial charge in [0.15, 0.2) is 0 Å². The van der Waals surface area contributed by atoms with Crippen molar-refractivity contribution < 1.29 is 4.79 Å². The predicted molar refractivity (Wildman–Crippen MR) is 57.5 cm³/mol. The van der Waals surface area contributed by atoms with Crippen LogP contribution in [-0.2, 0) is 6.42 Å². The second-order valence-corrected chi connectivity index (χ2v) is 4.14. The van der Waals surface area contributed by atoms with Crippen molar-refractivity contribution in [3.05, 3.63) is 11.6 Å². The van der Waals surface area contributed by atoms with Gasteiger partial charge in [-0.1, -0.05) is 6.92 Å². The Morgan fingerprint density at radius 2 is 2.31 bits per heavy atom. The summed E-state index contributed by atoms with van der Waals surface area (Å²) >= 11 is 0. The van der Waals surface area contributed by atoms with E-state index >= 15 is 0 Å². The quantitative estimate of drug-likeness (QED) is 0.780. The molecule has 0 aliphatic rings. The third kappa shape index (κ3) is 3.05. The highest BCUT2D eigenvalue weighted by atomic mass is 16.2. The Morgan fingerprint density at radius 1 is 1.62 bits per heavy atom. The Labute approximate surface area is 94.1 Å². The van der Waals surface area contributed by atoms with Crippen LogP contribution in [0.1, 0.15) is 37.2 Å². The minimum absolute atomic E-state index is 0.116. The Balaban J connectivity index is 2.57. The third-order valence-electron chi connectivity index (χ3n) is 2.06. The summed E-state index contributed by atoms with van der Waals surface area (Å²) in [4.78, 5) is 15.6. The van der Waals surface area contributed by atoms with Crippen LogP contribution in [0.2, 0.25) is 0 Å². The molecule has 6 nitrogen and oxygen atoms in total. The zero-order valence-corrected chi connectivity index (χ0v) is 9.66. The summed E-state index contributed by atoms with van der Waals surface area (Å²) in [7, 11) is 0. The number of nitrogens with zero attached hydrogens (tertiary/aromatic N) is 3. The van der Waals surface area contributed by atoms with Crippen LogP contribution in [0.25, 0.3) is 0 Å². The number of H-pyrrole nitrogens is 1. The zero-order chi connectivity index (χ0) is 12.2. The maximum atomic E-state index is 11.6. The second-order valence-electron chi connectivity index (χ2n) is 4.14. The summed E-state index contributed by atoms with van der Waals surface area (Å²) in [6.45, 7) is 5.70. The van der Waals surface area contributed by atoms with Gasteiger partial charge in [-0.25, -0.2) is 4.98 Å². The molecule has 0 radical (unpaired) electrons. The number of carbonyl (C=O) groups excluding carboxylic acids is 1. The number of aromatic nitrogens is 3. The standard InChI is InChI=1S/C10H15N5O/c1-4-7-13-8(15-14-7)9(16)12-6-10(2,3)5-11/h4,6H2,1-3H3,(H,12,16)(H,13,14,15). The van der Waals surface area contributed by atoms with Crippen LogP contribution in [0.15, 0.2) is 0 Å². The van der Waals surface area contributed by atoms with Crippen LogP contribution in [0, 0.1) is 16.7 Å². The molecular formula is C10H15N5O. The van der Waals surface area contributed by atoms with Gasteiger partial charge >= 0.3 is 0 Å². The molecule has 0 aromatic carbocycles. The first-order valence-corrected chi connectivity index (χ1v) is 5.09. The molecule has 2 N–H and O–H groups in total. The Hall–Kier alpha value is -1.90. The normalized spacial score (nSPS) is 10.9. The highest BCUT2D eigenvalue weighted by Crippen LogP contribution is 2.10. The fourth-order valence-electron chi connectivity index (χ4n) is 0.975. The van der Waals surface area contributed by atoms with Crippen LogP contribution < -0.4 is 5.32 Å². The fraction of sp³-hybridized carbons (Fsp3) is 0.600. The van der Waals surface area contributed by atoms with E-state index in [1.807, 2.05) is 6.92 Å². The number of carbonyl (C=O) groups is 1. The number of rotatable bonds is 4. The smallest absolute Gasteiger partial charge is 0.291 e. The first-order valence-electron chi connectivity index (χ1n) is 5.09. The van der Waals surface area contributed by atoms with E-state index in [-0.39, 0.29) is 18.3 Å². The minimum Gasteiger partial charge on any atom is -0.348 e. The minimum atomic E-state index is -0.584. The topological polar surface area (TPSA) is 94.5 Å². The van der Waals surface area contributed by atoms with Crippen molar-refractivity contribution in [3.8, 4) is 6.07 Å². The van der Waals surface area contributed by atoms with Gasteiger partial charge in [0.1, 0.15) is 5.82 Å². The average Bonchev–Trinajstić information content (AvgIpc) is 2.74. The largest absolute Gasteiger partial charge is 0.348 e. The van der Waals surface area contributed by atoms with Crippen molar-refractivity contribution in [3.63, 3.8) is 0 Å². The fourth-order valence-corrected chi connectivity index (χ4v) is 0.975. The van der Waals surface area contributed by atoms with Crippen molar-refractivity contribution in [2.45, 2.75) is 27.2 Å². The lowest BCUT2D eigenvalue weighted by molar-refractivity contribution is 0.0933. The molecule has 0 bridgehead atoms. The molecule has 6 heteroatoms. The van der Waals surface area contributed by atoms with Gasteiger partial charge in [-0.05, 0) is 13.8 Å². The van der Waals surface area contributed by atoms with Crippen LogP contribution in [-0.4, -0.2) is 27.6 Å². The molecule has 0 fully saturated rings. The van der Waals surface area contributed by atoms with Crippen molar-refractivity contribution in [2.24, 2.45) is 5.41 Å². The summed E-state index contributed by atoms with van der Waals surface area (Å²) in [5.41, 5.74) is -0.584. The van der Waals surface area contributed by atoms with E-state index in [2.05, 4.69) is 26.6 Å². The van der Waals surface area contributed by atoms with Crippen molar-refractivity contribution in [2.75, 3.05) is 6.54 Å². The van der Waals surface area contributed by atoms with E-state index in [0.717, 1.165) is 0 Å². The maximum absolute atomic E-state index is 11.6. The van der Waals surface area contributed by atoms with Gasteiger partial charge in [0.2, 0.25) is 5.82 Å². The Kier molecular flexibility index (Phi) is 3.61. The van der Waals surface area contributed by atoms with Gasteiger partial charge < -0.3 is 5.32 Å². The van der Waals surface area contributed by atoms with E-state index in [4.69, 9.17) is 5.26 Å². The summed E-state index contributed by atoms with van der Waals surface area (Å²) in [5, 5.41) is 17.8. The molecule has 86 valence electrons. The molecule has 1 rings (SSSR count). The van der Waals surface area contributed by atoms with Gasteiger partial charge in [0.25, 0.3) is 5.91 Å². The number of nitrogens with one attached hydrogen (secondary N) is 2. The molecular weight excluding hydrogens is 206 g/mol. The van der Waals surface area contributed by atoms with Crippen molar-refractivity contribution in [1.82, 2.24) is 20.5 Å². The summed E-state index contributed by atoms with van der Waals surface area (Å²) < 4.78 is 0. The zero-order valence-electron chi connectivity index (χ0n) is 9.66. The lowest BCUT2D eigenvalue weighted by atomic mass is 9.96. The monoisotopic (exact) mass is 221 g/mol. The molecule has 1 aromatic heterocycles. The molecule has 1 heterocycles. The van der Waals surface area contributed by atoms with Crippen LogP contribution >= 0.6 is 0 Å². The molecule has 0 saturated carbocycles. The highest BCUT2D eigenvalue weighted by Gasteiger charge is 2.19. The molecule has 0 spiro atoms. The molecule has 0 aliphatic carbocycles. The molecule has 0 saturated heterocycles. The summed E-state index contributed by atoms with van der Waals surface area (Å²) in [5.74, 6) is 0.426. The first kappa shape index (κ1) is 12.2. The van der Waals surface area contributed by atoms with E-state index in [0.29, 0.717) is 12.2 Å². The number of hydrogen-bond acceptors (Lipinski definition) is 4. The lowest BCUT2D eigenvalue weighted by Crippen LogP contribution is -2.33. The van der Waals surface area contributed by atoms with Gasteiger partial charge in [-0.15, -0.1) is 5.10 Å². The average molecular weight is 221 g/mol. The molecule has 16 heavy (non-hydrogen) atoms. The van der Waals surface area contributed by atoms with E-state index in [1.165, 1.54) is 0 Å². The lowest BCUT2D eigenvalue weighted by Gasteiger charge is -2.14. The van der Waals surface area contributed by atoms with E-state index in [1.54, 1.807) is 13.8 Å². The van der Waals surface area contributed by atoms with Gasteiger partial charge in [-0.3, -0.25) is 9.89 Å². The number of amides is 1. The maximum Gasteiger partial charge on any atom is 0.291 e. The van der Waals surface area contributed by atoms with Crippen LogP contribution in [0.3, 0.4) is 0 Å².